The van der Waals surface area contributed by atoms with Crippen molar-refractivity contribution in [2.45, 2.75) is 33.0 Å². The van der Waals surface area contributed by atoms with Crippen LogP contribution in [0.25, 0.3) is 0 Å². The molecule has 0 radical (unpaired) electrons. The highest BCUT2D eigenvalue weighted by molar-refractivity contribution is 6.31. The molecule has 2 rings (SSSR count). The van der Waals surface area contributed by atoms with Gasteiger partial charge >= 0.3 is 0 Å². The smallest absolute Gasteiger partial charge is 0.131 e. The van der Waals surface area contributed by atoms with Gasteiger partial charge in [0, 0.05) is 12.6 Å². The van der Waals surface area contributed by atoms with Crippen molar-refractivity contribution in [2.24, 2.45) is 7.05 Å². The van der Waals surface area contributed by atoms with Crippen LogP contribution in [-0.2, 0) is 20.1 Å². The van der Waals surface area contributed by atoms with Gasteiger partial charge in [0.2, 0.25) is 0 Å². The summed E-state index contributed by atoms with van der Waals surface area (Å²) in [7, 11) is 1.80. The Morgan fingerprint density at radius 2 is 2.19 bits per heavy atom. The average molecular weight is 313 g/mol. The van der Waals surface area contributed by atoms with Crippen LogP contribution in [-0.4, -0.2) is 14.9 Å². The van der Waals surface area contributed by atoms with Crippen molar-refractivity contribution in [2.75, 3.05) is 0 Å². The van der Waals surface area contributed by atoms with Crippen LogP contribution in [0.1, 0.15) is 36.9 Å². The molecule has 1 atom stereocenters. The molecule has 1 aromatic carbocycles. The number of ether oxygens (including phenoxy) is 1. The molecule has 6 heteroatoms. The number of aryl methyl sites for hydroxylation is 2. The standard InChI is InChI=1S/C15H18ClFN2O2/c1-4-12-15(16)13(19(3)18-12)8-21-14-6-5-10(17)7-11(14)9(2)20/h5-7,9,20H,4,8H2,1-3H3. The number of rotatable bonds is 5. The van der Waals surface area contributed by atoms with E-state index in [4.69, 9.17) is 16.3 Å². The third-order valence-corrected chi connectivity index (χ3v) is 3.73. The van der Waals surface area contributed by atoms with Gasteiger partial charge in [0.1, 0.15) is 18.2 Å². The summed E-state index contributed by atoms with van der Waals surface area (Å²) >= 11 is 6.25. The molecule has 0 aliphatic carbocycles. The van der Waals surface area contributed by atoms with Crippen molar-refractivity contribution in [3.63, 3.8) is 0 Å². The van der Waals surface area contributed by atoms with Crippen molar-refractivity contribution in [3.05, 3.63) is 46.0 Å². The molecule has 1 N–H and O–H groups in total. The van der Waals surface area contributed by atoms with E-state index in [2.05, 4.69) is 5.10 Å². The van der Waals surface area contributed by atoms with Gasteiger partial charge in [0.25, 0.3) is 0 Å². The van der Waals surface area contributed by atoms with Crippen LogP contribution in [0.4, 0.5) is 4.39 Å². The minimum atomic E-state index is -0.816. The van der Waals surface area contributed by atoms with Gasteiger partial charge in [-0.05, 0) is 31.5 Å². The SMILES string of the molecule is CCc1nn(C)c(COc2ccc(F)cc2C(C)O)c1Cl. The minimum Gasteiger partial charge on any atom is -0.487 e. The maximum atomic E-state index is 13.2. The summed E-state index contributed by atoms with van der Waals surface area (Å²) in [6, 6.07) is 4.06. The molecule has 0 aliphatic heterocycles. The molecule has 4 nitrogen and oxygen atoms in total. The van der Waals surface area contributed by atoms with Crippen LogP contribution in [0.2, 0.25) is 5.02 Å². The van der Waals surface area contributed by atoms with Gasteiger partial charge in [-0.15, -0.1) is 0 Å². The summed E-state index contributed by atoms with van der Waals surface area (Å²) < 4.78 is 20.6. The number of halogens is 2. The number of benzene rings is 1. The first-order valence-electron chi connectivity index (χ1n) is 6.74. The maximum absolute atomic E-state index is 13.2. The van der Waals surface area contributed by atoms with Gasteiger partial charge in [-0.3, -0.25) is 4.68 Å². The van der Waals surface area contributed by atoms with Crippen molar-refractivity contribution >= 4 is 11.6 Å². The molecule has 1 unspecified atom stereocenters. The Morgan fingerprint density at radius 1 is 1.48 bits per heavy atom. The summed E-state index contributed by atoms with van der Waals surface area (Å²) in [6.45, 7) is 3.74. The predicted molar refractivity (Wildman–Crippen MR) is 79.0 cm³/mol. The van der Waals surface area contributed by atoms with E-state index in [0.717, 1.165) is 17.8 Å². The molecule has 1 aromatic heterocycles. The normalized spacial score (nSPS) is 12.5. The lowest BCUT2D eigenvalue weighted by Crippen LogP contribution is -2.06. The lowest BCUT2D eigenvalue weighted by atomic mass is 10.1. The van der Waals surface area contributed by atoms with Crippen LogP contribution in [0, 0.1) is 5.82 Å². The molecule has 21 heavy (non-hydrogen) atoms. The summed E-state index contributed by atoms with van der Waals surface area (Å²) in [4.78, 5) is 0. The first-order valence-corrected chi connectivity index (χ1v) is 7.12. The van der Waals surface area contributed by atoms with E-state index < -0.39 is 11.9 Å². The number of aromatic nitrogens is 2. The summed E-state index contributed by atoms with van der Waals surface area (Å²) in [6.07, 6.45) is -0.0776. The molecule has 0 fully saturated rings. The number of aliphatic hydroxyl groups excluding tert-OH is 1. The second-order valence-corrected chi connectivity index (χ2v) is 5.21. The summed E-state index contributed by atoms with van der Waals surface area (Å²) in [5.41, 5.74) is 1.96. The zero-order valence-corrected chi connectivity index (χ0v) is 13.0. The summed E-state index contributed by atoms with van der Waals surface area (Å²) in [5, 5.41) is 14.6. The molecule has 0 amide bonds. The number of aliphatic hydroxyl groups is 1. The van der Waals surface area contributed by atoms with Crippen molar-refractivity contribution in [3.8, 4) is 5.75 Å². The van der Waals surface area contributed by atoms with Crippen LogP contribution in [0.15, 0.2) is 18.2 Å². The number of hydrogen-bond donors (Lipinski definition) is 1. The monoisotopic (exact) mass is 312 g/mol. The van der Waals surface area contributed by atoms with E-state index in [9.17, 15) is 9.50 Å². The number of hydrogen-bond acceptors (Lipinski definition) is 3. The second kappa shape index (κ2) is 6.45. The van der Waals surface area contributed by atoms with Gasteiger partial charge in [0.05, 0.1) is 22.5 Å². The van der Waals surface area contributed by atoms with Crippen LogP contribution < -0.4 is 4.74 Å². The van der Waals surface area contributed by atoms with Crippen molar-refractivity contribution in [1.82, 2.24) is 9.78 Å². The largest absolute Gasteiger partial charge is 0.487 e. The van der Waals surface area contributed by atoms with Crippen LogP contribution >= 0.6 is 11.6 Å². The van der Waals surface area contributed by atoms with E-state index in [1.54, 1.807) is 18.7 Å². The Morgan fingerprint density at radius 3 is 2.76 bits per heavy atom. The van der Waals surface area contributed by atoms with Crippen LogP contribution in [0.3, 0.4) is 0 Å². The minimum absolute atomic E-state index is 0.202. The molecular weight excluding hydrogens is 295 g/mol. The topological polar surface area (TPSA) is 47.3 Å². The van der Waals surface area contributed by atoms with E-state index in [1.165, 1.54) is 18.2 Å². The molecule has 0 bridgehead atoms. The lowest BCUT2D eigenvalue weighted by molar-refractivity contribution is 0.189. The molecule has 1 heterocycles. The highest BCUT2D eigenvalue weighted by atomic mass is 35.5. The third kappa shape index (κ3) is 3.36. The van der Waals surface area contributed by atoms with Gasteiger partial charge in [0.15, 0.2) is 0 Å². The highest BCUT2D eigenvalue weighted by Gasteiger charge is 2.15. The number of nitrogens with zero attached hydrogens (tertiary/aromatic N) is 2. The van der Waals surface area contributed by atoms with E-state index in [1.807, 2.05) is 6.92 Å². The third-order valence-electron chi connectivity index (χ3n) is 3.29. The molecule has 0 aliphatic rings. The molecule has 114 valence electrons. The highest BCUT2D eigenvalue weighted by Crippen LogP contribution is 2.28. The molecule has 0 saturated heterocycles. The average Bonchev–Trinajstić information content (AvgIpc) is 2.72. The Kier molecular flexibility index (Phi) is 4.85. The second-order valence-electron chi connectivity index (χ2n) is 4.83. The Bertz CT molecular complexity index is 641. The quantitative estimate of drug-likeness (QED) is 0.920. The zero-order valence-electron chi connectivity index (χ0n) is 12.2. The van der Waals surface area contributed by atoms with E-state index in [0.29, 0.717) is 16.3 Å². The van der Waals surface area contributed by atoms with Crippen molar-refractivity contribution < 1.29 is 14.2 Å². The fourth-order valence-electron chi connectivity index (χ4n) is 2.10. The Hall–Kier alpha value is -1.59. The van der Waals surface area contributed by atoms with Gasteiger partial charge in [-0.2, -0.15) is 5.10 Å². The fraction of sp³-hybridized carbons (Fsp3) is 0.400. The fourth-order valence-corrected chi connectivity index (χ4v) is 2.45. The molecule has 0 spiro atoms. The zero-order chi connectivity index (χ0) is 15.6. The van der Waals surface area contributed by atoms with E-state index in [-0.39, 0.29) is 6.61 Å². The molecule has 0 saturated carbocycles. The first kappa shape index (κ1) is 15.8. The van der Waals surface area contributed by atoms with Gasteiger partial charge < -0.3 is 9.84 Å². The maximum Gasteiger partial charge on any atom is 0.131 e. The predicted octanol–water partition coefficient (Wildman–Crippen LogP) is 3.41. The summed E-state index contributed by atoms with van der Waals surface area (Å²) in [5.74, 6) is 0.0202. The van der Waals surface area contributed by atoms with Crippen molar-refractivity contribution in [1.29, 1.82) is 0 Å². The lowest BCUT2D eigenvalue weighted by Gasteiger charge is -2.13. The van der Waals surface area contributed by atoms with Crippen LogP contribution in [0.5, 0.6) is 5.75 Å². The van der Waals surface area contributed by atoms with Gasteiger partial charge in [-0.1, -0.05) is 18.5 Å². The van der Waals surface area contributed by atoms with E-state index >= 15 is 0 Å². The molecule has 2 aromatic rings. The first-order chi connectivity index (χ1) is 9.93. The Balaban J connectivity index is 2.23. The molecular formula is C15H18ClFN2O2. The Labute approximate surface area is 128 Å². The van der Waals surface area contributed by atoms with Gasteiger partial charge in [-0.25, -0.2) is 4.39 Å².